The van der Waals surface area contributed by atoms with Gasteiger partial charge in [0.05, 0.1) is 20.4 Å². The SMILES string of the molecule is COc1ccc(CCCC(=O)N/N=C\c2ccc(OCc3cccc4ccccc34)c(OC)c2)c(C)c1. The van der Waals surface area contributed by atoms with Crippen molar-refractivity contribution in [2.75, 3.05) is 14.2 Å². The minimum absolute atomic E-state index is 0.121. The van der Waals surface area contributed by atoms with Gasteiger partial charge >= 0.3 is 0 Å². The van der Waals surface area contributed by atoms with Gasteiger partial charge in [-0.05, 0) is 83.1 Å². The van der Waals surface area contributed by atoms with Gasteiger partial charge in [-0.15, -0.1) is 0 Å². The van der Waals surface area contributed by atoms with E-state index in [1.165, 1.54) is 16.3 Å². The second kappa shape index (κ2) is 12.6. The van der Waals surface area contributed by atoms with Crippen LogP contribution in [0.2, 0.25) is 0 Å². The van der Waals surface area contributed by atoms with Crippen LogP contribution in [0.15, 0.2) is 84.0 Å². The summed E-state index contributed by atoms with van der Waals surface area (Å²) in [4.78, 5) is 12.2. The number of fused-ring (bicyclic) bond motifs is 1. The molecule has 0 heterocycles. The van der Waals surface area contributed by atoms with Gasteiger partial charge in [0.15, 0.2) is 11.5 Å². The van der Waals surface area contributed by atoms with Crippen molar-refractivity contribution in [1.29, 1.82) is 0 Å². The summed E-state index contributed by atoms with van der Waals surface area (Å²) in [5, 5.41) is 6.45. The zero-order chi connectivity index (χ0) is 26.0. The first kappa shape index (κ1) is 25.8. The number of benzene rings is 4. The van der Waals surface area contributed by atoms with Crippen LogP contribution in [0.3, 0.4) is 0 Å². The Labute approximate surface area is 217 Å². The second-order valence-corrected chi connectivity index (χ2v) is 8.78. The lowest BCUT2D eigenvalue weighted by Gasteiger charge is -2.12. The molecule has 0 aliphatic heterocycles. The fourth-order valence-corrected chi connectivity index (χ4v) is 4.21. The number of carbonyl (C=O) groups excluding carboxylic acids is 1. The fraction of sp³-hybridized carbons (Fsp3) is 0.226. The molecular formula is C31H32N2O4. The molecule has 0 spiro atoms. The van der Waals surface area contributed by atoms with Gasteiger partial charge in [0.1, 0.15) is 12.4 Å². The molecule has 37 heavy (non-hydrogen) atoms. The maximum absolute atomic E-state index is 12.2. The van der Waals surface area contributed by atoms with Crippen molar-refractivity contribution >= 4 is 22.9 Å². The molecule has 4 rings (SSSR count). The molecule has 4 aromatic carbocycles. The van der Waals surface area contributed by atoms with Crippen LogP contribution in [0.5, 0.6) is 17.2 Å². The molecule has 0 aliphatic rings. The van der Waals surface area contributed by atoms with E-state index in [1.807, 2.05) is 54.6 Å². The van der Waals surface area contributed by atoms with Gasteiger partial charge < -0.3 is 14.2 Å². The van der Waals surface area contributed by atoms with Gasteiger partial charge in [0.25, 0.3) is 0 Å². The van der Waals surface area contributed by atoms with Crippen molar-refractivity contribution < 1.29 is 19.0 Å². The predicted molar refractivity (Wildman–Crippen MR) is 148 cm³/mol. The van der Waals surface area contributed by atoms with Crippen LogP contribution in [0, 0.1) is 6.92 Å². The molecular weight excluding hydrogens is 464 g/mol. The highest BCUT2D eigenvalue weighted by Gasteiger charge is 2.08. The topological polar surface area (TPSA) is 69.2 Å². The maximum Gasteiger partial charge on any atom is 0.240 e. The van der Waals surface area contributed by atoms with E-state index < -0.39 is 0 Å². The quantitative estimate of drug-likeness (QED) is 0.198. The van der Waals surface area contributed by atoms with E-state index in [0.717, 1.165) is 35.3 Å². The third kappa shape index (κ3) is 6.88. The third-order valence-corrected chi connectivity index (χ3v) is 6.25. The molecule has 0 bridgehead atoms. The highest BCUT2D eigenvalue weighted by molar-refractivity contribution is 5.85. The maximum atomic E-state index is 12.2. The summed E-state index contributed by atoms with van der Waals surface area (Å²) in [5.74, 6) is 1.97. The van der Waals surface area contributed by atoms with Gasteiger partial charge in [-0.3, -0.25) is 4.79 Å². The zero-order valence-corrected chi connectivity index (χ0v) is 21.5. The van der Waals surface area contributed by atoms with Crippen LogP contribution in [0.25, 0.3) is 10.8 Å². The highest BCUT2D eigenvalue weighted by Crippen LogP contribution is 2.29. The minimum atomic E-state index is -0.121. The van der Waals surface area contributed by atoms with Crippen molar-refractivity contribution in [1.82, 2.24) is 5.43 Å². The lowest BCUT2D eigenvalue weighted by Crippen LogP contribution is -2.17. The Bertz CT molecular complexity index is 1390. The number of methoxy groups -OCH3 is 2. The van der Waals surface area contributed by atoms with Gasteiger partial charge in [0, 0.05) is 6.42 Å². The summed E-state index contributed by atoms with van der Waals surface area (Å²) >= 11 is 0. The number of ether oxygens (including phenoxy) is 3. The van der Waals surface area contributed by atoms with Crippen molar-refractivity contribution in [3.8, 4) is 17.2 Å². The average molecular weight is 497 g/mol. The number of aryl methyl sites for hydroxylation is 2. The number of rotatable bonds is 11. The second-order valence-electron chi connectivity index (χ2n) is 8.78. The monoisotopic (exact) mass is 496 g/mol. The largest absolute Gasteiger partial charge is 0.497 e. The fourth-order valence-electron chi connectivity index (χ4n) is 4.21. The number of hydrazone groups is 1. The molecule has 6 nitrogen and oxygen atoms in total. The first-order valence-electron chi connectivity index (χ1n) is 12.3. The summed E-state index contributed by atoms with van der Waals surface area (Å²) in [6, 6.07) is 26.0. The van der Waals surface area contributed by atoms with Crippen molar-refractivity contribution in [3.63, 3.8) is 0 Å². The molecule has 0 aromatic heterocycles. The first-order chi connectivity index (χ1) is 18.1. The van der Waals surface area contributed by atoms with E-state index in [9.17, 15) is 4.79 Å². The molecule has 0 atom stereocenters. The van der Waals surface area contributed by atoms with Gasteiger partial charge in [0.2, 0.25) is 5.91 Å². The molecule has 1 amide bonds. The lowest BCUT2D eigenvalue weighted by molar-refractivity contribution is -0.121. The Morgan fingerprint density at radius 3 is 2.54 bits per heavy atom. The van der Waals surface area contributed by atoms with Crippen molar-refractivity contribution in [3.05, 3.63) is 101 Å². The molecule has 6 heteroatoms. The van der Waals surface area contributed by atoms with Crippen LogP contribution >= 0.6 is 0 Å². The summed E-state index contributed by atoms with van der Waals surface area (Å²) in [7, 11) is 3.26. The number of hydrogen-bond donors (Lipinski definition) is 1. The molecule has 0 saturated carbocycles. The van der Waals surface area contributed by atoms with Crippen molar-refractivity contribution in [2.24, 2.45) is 5.10 Å². The van der Waals surface area contributed by atoms with E-state index in [4.69, 9.17) is 14.2 Å². The Kier molecular flexibility index (Phi) is 8.76. The predicted octanol–water partition coefficient (Wildman–Crippen LogP) is 6.22. The van der Waals surface area contributed by atoms with Crippen LogP contribution in [0.4, 0.5) is 0 Å². The number of hydrogen-bond acceptors (Lipinski definition) is 5. The molecule has 0 unspecified atom stereocenters. The molecule has 1 N–H and O–H groups in total. The van der Waals surface area contributed by atoms with E-state index in [2.05, 4.69) is 41.7 Å². The highest BCUT2D eigenvalue weighted by atomic mass is 16.5. The summed E-state index contributed by atoms with van der Waals surface area (Å²) in [6.07, 6.45) is 3.56. The number of nitrogens with one attached hydrogen (secondary N) is 1. The standard InChI is InChI=1S/C31H32N2O4/c1-22-18-27(35-2)16-15-24(22)9-7-13-31(34)33-32-20-23-14-17-29(30(19-23)36-3)37-21-26-11-6-10-25-8-4-5-12-28(25)26/h4-6,8,10-12,14-20H,7,9,13,21H2,1-3H3,(H,33,34)/b32-20-. The summed E-state index contributed by atoms with van der Waals surface area (Å²) < 4.78 is 16.8. The Hall–Kier alpha value is -4.32. The summed E-state index contributed by atoms with van der Waals surface area (Å²) in [6.45, 7) is 2.48. The zero-order valence-electron chi connectivity index (χ0n) is 21.5. The van der Waals surface area contributed by atoms with Crippen LogP contribution in [-0.4, -0.2) is 26.3 Å². The summed E-state index contributed by atoms with van der Waals surface area (Å²) in [5.41, 5.74) is 6.88. The molecule has 0 saturated heterocycles. The molecule has 0 aliphatic carbocycles. The number of nitrogens with zero attached hydrogens (tertiary/aromatic N) is 1. The molecule has 0 radical (unpaired) electrons. The number of amides is 1. The molecule has 190 valence electrons. The Balaban J connectivity index is 1.28. The van der Waals surface area contributed by atoms with E-state index in [1.54, 1.807) is 20.4 Å². The van der Waals surface area contributed by atoms with Gasteiger partial charge in [-0.1, -0.05) is 48.5 Å². The normalized spacial score (nSPS) is 11.0. The van der Waals surface area contributed by atoms with Gasteiger partial charge in [-0.2, -0.15) is 5.10 Å². The first-order valence-corrected chi connectivity index (χ1v) is 12.3. The Morgan fingerprint density at radius 2 is 1.73 bits per heavy atom. The molecule has 0 fully saturated rings. The Morgan fingerprint density at radius 1 is 0.892 bits per heavy atom. The smallest absolute Gasteiger partial charge is 0.240 e. The van der Waals surface area contributed by atoms with E-state index in [0.29, 0.717) is 24.5 Å². The van der Waals surface area contributed by atoms with Crippen LogP contribution in [-0.2, 0) is 17.8 Å². The molecule has 4 aromatic rings. The van der Waals surface area contributed by atoms with E-state index >= 15 is 0 Å². The minimum Gasteiger partial charge on any atom is -0.497 e. The van der Waals surface area contributed by atoms with Gasteiger partial charge in [-0.25, -0.2) is 5.43 Å². The van der Waals surface area contributed by atoms with Crippen LogP contribution < -0.4 is 19.6 Å². The van der Waals surface area contributed by atoms with E-state index in [-0.39, 0.29) is 5.91 Å². The van der Waals surface area contributed by atoms with Crippen molar-refractivity contribution in [2.45, 2.75) is 32.8 Å². The third-order valence-electron chi connectivity index (χ3n) is 6.25. The van der Waals surface area contributed by atoms with Crippen LogP contribution in [0.1, 0.15) is 35.1 Å². The lowest BCUT2D eigenvalue weighted by atomic mass is 10.0. The average Bonchev–Trinajstić information content (AvgIpc) is 2.93. The number of carbonyl (C=O) groups is 1.